The van der Waals surface area contributed by atoms with Gasteiger partial charge in [0.05, 0.1) is 25.5 Å². The molecule has 0 bridgehead atoms. The van der Waals surface area contributed by atoms with E-state index in [1.807, 2.05) is 38.1 Å². The quantitative estimate of drug-likeness (QED) is 0.430. The number of hydrogen-bond acceptors (Lipinski definition) is 4. The molecular formula is C18H24N4O2S2+2. The minimum Gasteiger partial charge on any atom is -0.237 e. The molecule has 0 radical (unpaired) electrons. The van der Waals surface area contributed by atoms with Crippen LogP contribution in [0, 0.1) is 13.8 Å². The lowest BCUT2D eigenvalue weighted by Gasteiger charge is -2.01. The maximum absolute atomic E-state index is 12.0. The number of amides is 2. The van der Waals surface area contributed by atoms with E-state index in [1.165, 1.54) is 0 Å². The van der Waals surface area contributed by atoms with Crippen molar-refractivity contribution in [2.45, 2.75) is 13.8 Å². The van der Waals surface area contributed by atoms with E-state index in [0.717, 1.165) is 22.6 Å². The van der Waals surface area contributed by atoms with Crippen molar-refractivity contribution in [2.75, 3.05) is 24.6 Å². The van der Waals surface area contributed by atoms with Gasteiger partial charge in [-0.2, -0.15) is 18.7 Å². The zero-order chi connectivity index (χ0) is 18.8. The molecule has 0 aliphatic heterocycles. The van der Waals surface area contributed by atoms with E-state index < -0.39 is 0 Å². The second-order valence-electron chi connectivity index (χ2n) is 5.68. The molecule has 0 spiro atoms. The molecule has 8 heteroatoms. The number of carbonyl (C=O) groups is 2. The Bertz CT molecular complexity index is 692. The predicted octanol–water partition coefficient (Wildman–Crippen LogP) is 2.08. The Morgan fingerprint density at radius 3 is 1.65 bits per heavy atom. The molecule has 0 aliphatic rings. The van der Waals surface area contributed by atoms with Crippen LogP contribution in [0.4, 0.5) is 9.59 Å². The third kappa shape index (κ3) is 7.05. The van der Waals surface area contributed by atoms with Gasteiger partial charge in [-0.25, -0.2) is 10.6 Å². The lowest BCUT2D eigenvalue weighted by Crippen LogP contribution is -2.50. The lowest BCUT2D eigenvalue weighted by molar-refractivity contribution is -0.572. The van der Waals surface area contributed by atoms with Crippen LogP contribution >= 0.6 is 21.6 Å². The summed E-state index contributed by atoms with van der Waals surface area (Å²) in [6.07, 6.45) is 7.07. The predicted molar refractivity (Wildman–Crippen MR) is 105 cm³/mol. The van der Waals surface area contributed by atoms with Crippen LogP contribution in [-0.2, 0) is 0 Å². The van der Waals surface area contributed by atoms with E-state index in [-0.39, 0.29) is 12.1 Å². The van der Waals surface area contributed by atoms with Crippen molar-refractivity contribution in [2.24, 2.45) is 0 Å². The molecule has 0 atom stereocenters. The number of rotatable bonds is 7. The molecule has 2 rings (SSSR count). The summed E-state index contributed by atoms with van der Waals surface area (Å²) >= 11 is 0. The van der Waals surface area contributed by atoms with E-state index in [4.69, 9.17) is 0 Å². The first kappa shape index (κ1) is 20.3. The van der Waals surface area contributed by atoms with Crippen LogP contribution in [0.25, 0.3) is 0 Å². The maximum atomic E-state index is 12.0. The summed E-state index contributed by atoms with van der Waals surface area (Å²) in [7, 11) is 3.36. The van der Waals surface area contributed by atoms with Gasteiger partial charge in [-0.1, -0.05) is 33.7 Å². The highest BCUT2D eigenvalue weighted by Gasteiger charge is 2.12. The summed E-state index contributed by atoms with van der Waals surface area (Å²) in [5, 5.41) is 5.76. The molecule has 0 saturated carbocycles. The van der Waals surface area contributed by atoms with Crippen molar-refractivity contribution in [3.8, 4) is 0 Å². The van der Waals surface area contributed by atoms with Gasteiger partial charge in [0.15, 0.2) is 0 Å². The molecule has 0 saturated heterocycles. The highest BCUT2D eigenvalue weighted by atomic mass is 33.1. The minimum absolute atomic E-state index is 0.123. The van der Waals surface area contributed by atoms with Crippen LogP contribution in [0.1, 0.15) is 11.1 Å². The van der Waals surface area contributed by atoms with E-state index in [0.29, 0.717) is 13.1 Å². The zero-order valence-electron chi connectivity index (χ0n) is 15.0. The molecule has 138 valence electrons. The maximum Gasteiger partial charge on any atom is 0.495 e. The number of nitrogens with zero attached hydrogens (tertiary/aromatic N) is 2. The second-order valence-corrected chi connectivity index (χ2v) is 8.39. The molecule has 0 fully saturated rings. The molecule has 2 N–H and O–H groups in total. The molecule has 2 aromatic heterocycles. The smallest absolute Gasteiger partial charge is 0.237 e. The molecule has 0 aromatic carbocycles. The number of carbonyl (C=O) groups excluding carboxylic acids is 2. The molecular weight excluding hydrogens is 368 g/mol. The second kappa shape index (κ2) is 10.8. The van der Waals surface area contributed by atoms with Gasteiger partial charge in [-0.15, -0.1) is 0 Å². The normalized spacial score (nSPS) is 10.4. The fraction of sp³-hybridized carbons (Fsp3) is 0.333. The molecule has 0 aliphatic carbocycles. The van der Waals surface area contributed by atoms with Gasteiger partial charge < -0.3 is 0 Å². The topological polar surface area (TPSA) is 66.0 Å². The van der Waals surface area contributed by atoms with Crippen molar-refractivity contribution in [1.82, 2.24) is 10.6 Å². The van der Waals surface area contributed by atoms with Crippen LogP contribution < -0.4 is 19.8 Å². The Labute approximate surface area is 161 Å². The zero-order valence-corrected chi connectivity index (χ0v) is 16.6. The third-order valence-corrected chi connectivity index (χ3v) is 5.78. The molecule has 2 heterocycles. The van der Waals surface area contributed by atoms with Crippen molar-refractivity contribution in [1.29, 1.82) is 0 Å². The number of aromatic nitrogens is 2. The van der Waals surface area contributed by atoms with Gasteiger partial charge in [0, 0.05) is 11.5 Å². The summed E-state index contributed by atoms with van der Waals surface area (Å²) in [4.78, 5) is 23.9. The number of pyridine rings is 2. The fourth-order valence-corrected chi connectivity index (χ4v) is 3.95. The minimum atomic E-state index is -0.123. The Kier molecular flexibility index (Phi) is 8.43. The first-order valence-corrected chi connectivity index (χ1v) is 10.8. The summed E-state index contributed by atoms with van der Waals surface area (Å²) in [5.74, 6) is 1.62. The summed E-state index contributed by atoms with van der Waals surface area (Å²) in [6, 6.07) is 7.36. The highest BCUT2D eigenvalue weighted by Crippen LogP contribution is 2.19. The van der Waals surface area contributed by atoms with Gasteiger partial charge in [0.2, 0.25) is 0 Å². The first-order chi connectivity index (χ1) is 12.6. The Morgan fingerprint density at radius 2 is 1.27 bits per heavy atom. The van der Waals surface area contributed by atoms with Gasteiger partial charge >= 0.3 is 12.1 Å². The SMILES string of the molecule is Cc1ccc[n+](C(=O)NCCSSCCNC(=O)[n+]2cccc(C)c2)c1. The van der Waals surface area contributed by atoms with Crippen molar-refractivity contribution in [3.63, 3.8) is 0 Å². The number of nitrogens with one attached hydrogen (secondary N) is 2. The van der Waals surface area contributed by atoms with Crippen LogP contribution in [-0.4, -0.2) is 36.7 Å². The summed E-state index contributed by atoms with van der Waals surface area (Å²) < 4.78 is 3.09. The van der Waals surface area contributed by atoms with E-state index in [9.17, 15) is 9.59 Å². The average Bonchev–Trinajstić information content (AvgIpc) is 2.63. The van der Waals surface area contributed by atoms with Crippen molar-refractivity contribution >= 4 is 33.7 Å². The third-order valence-electron chi connectivity index (χ3n) is 3.37. The van der Waals surface area contributed by atoms with Gasteiger partial charge in [0.25, 0.3) is 0 Å². The number of hydrogen-bond donors (Lipinski definition) is 2. The Hall–Kier alpha value is -2.06. The largest absolute Gasteiger partial charge is 0.495 e. The molecule has 26 heavy (non-hydrogen) atoms. The summed E-state index contributed by atoms with van der Waals surface area (Å²) in [5.41, 5.74) is 2.08. The first-order valence-electron chi connectivity index (χ1n) is 8.33. The molecule has 2 amide bonds. The lowest BCUT2D eigenvalue weighted by atomic mass is 10.3. The van der Waals surface area contributed by atoms with Gasteiger partial charge in [-0.05, 0) is 37.1 Å². The molecule has 2 aromatic rings. The van der Waals surface area contributed by atoms with Crippen molar-refractivity contribution < 1.29 is 18.7 Å². The van der Waals surface area contributed by atoms with E-state index in [2.05, 4.69) is 10.6 Å². The summed E-state index contributed by atoms with van der Waals surface area (Å²) in [6.45, 7) is 5.10. The van der Waals surface area contributed by atoms with Gasteiger partial charge in [0.1, 0.15) is 12.4 Å². The molecule has 0 unspecified atom stereocenters. The van der Waals surface area contributed by atoms with Crippen LogP contribution in [0.2, 0.25) is 0 Å². The van der Waals surface area contributed by atoms with Crippen LogP contribution in [0.5, 0.6) is 0 Å². The highest BCUT2D eigenvalue weighted by molar-refractivity contribution is 8.76. The Balaban J connectivity index is 1.53. The monoisotopic (exact) mass is 392 g/mol. The van der Waals surface area contributed by atoms with Crippen LogP contribution in [0.15, 0.2) is 49.1 Å². The van der Waals surface area contributed by atoms with Crippen molar-refractivity contribution in [3.05, 3.63) is 60.2 Å². The van der Waals surface area contributed by atoms with E-state index >= 15 is 0 Å². The Morgan fingerprint density at radius 1 is 0.846 bits per heavy atom. The van der Waals surface area contributed by atoms with Crippen LogP contribution in [0.3, 0.4) is 0 Å². The number of aryl methyl sites for hydroxylation is 2. The standard InChI is InChI=1S/C18H22N4O2S2/c1-15-5-3-9-21(13-15)17(23)19-7-11-25-26-12-8-20-18(24)22-10-4-6-16(2)14-22/h3-6,9-10,13-14H,7-8,11-12H2,1-2H3/p+2. The van der Waals surface area contributed by atoms with E-state index in [1.54, 1.807) is 55.5 Å². The fourth-order valence-electron chi connectivity index (χ4n) is 2.14. The average molecular weight is 393 g/mol. The van der Waals surface area contributed by atoms with Gasteiger partial charge in [-0.3, -0.25) is 0 Å². The molecule has 6 nitrogen and oxygen atoms in total.